The quantitative estimate of drug-likeness (QED) is 0.803. The third-order valence-corrected chi connectivity index (χ3v) is 1.98. The first-order valence-corrected chi connectivity index (χ1v) is 5.20. The molecule has 4 N–H and O–H groups in total. The highest BCUT2D eigenvalue weighted by Crippen LogP contribution is 2.30. The number of anilines is 1. The van der Waals surface area contributed by atoms with Crippen molar-refractivity contribution in [3.63, 3.8) is 0 Å². The number of carbonyl (C=O) groups is 1. The summed E-state index contributed by atoms with van der Waals surface area (Å²) in [6.45, 7) is 1.21. The molecule has 0 aliphatic carbocycles. The fraction of sp³-hybridized carbons (Fsp3) is 0.400. The molecule has 0 bridgehead atoms. The number of alkyl halides is 3. The molecule has 1 heterocycles. The van der Waals surface area contributed by atoms with E-state index >= 15 is 0 Å². The molecule has 0 amide bonds. The summed E-state index contributed by atoms with van der Waals surface area (Å²) in [5.41, 5.74) is 10.1. The van der Waals surface area contributed by atoms with Crippen LogP contribution >= 0.6 is 0 Å². The van der Waals surface area contributed by atoms with Crippen LogP contribution in [0.25, 0.3) is 0 Å². The Morgan fingerprint density at radius 2 is 2.11 bits per heavy atom. The minimum absolute atomic E-state index is 0.0152. The normalized spacial score (nSPS) is 11.2. The summed E-state index contributed by atoms with van der Waals surface area (Å²) in [4.78, 5) is 15.3. The van der Waals surface area contributed by atoms with Gasteiger partial charge in [-0.1, -0.05) is 0 Å². The van der Waals surface area contributed by atoms with Gasteiger partial charge in [0.2, 0.25) is 0 Å². The molecule has 0 unspecified atom stereocenters. The number of halogens is 3. The van der Waals surface area contributed by atoms with Gasteiger partial charge in [-0.25, -0.2) is 9.78 Å². The number of hydrogen-bond acceptors (Lipinski definition) is 6. The first-order chi connectivity index (χ1) is 8.78. The highest BCUT2D eigenvalue weighted by Gasteiger charge is 2.34. The number of nitrogens with zero attached hydrogens (tertiary/aromatic N) is 1. The van der Waals surface area contributed by atoms with Gasteiger partial charge >= 0.3 is 12.3 Å². The second-order valence-corrected chi connectivity index (χ2v) is 3.34. The first-order valence-electron chi connectivity index (χ1n) is 5.20. The van der Waals surface area contributed by atoms with E-state index in [4.69, 9.17) is 11.5 Å². The topological polar surface area (TPSA) is 100 Å². The van der Waals surface area contributed by atoms with Crippen molar-refractivity contribution in [3.8, 4) is 5.75 Å². The zero-order chi connectivity index (χ0) is 14.6. The Labute approximate surface area is 106 Å². The van der Waals surface area contributed by atoms with Gasteiger partial charge in [0.05, 0.1) is 12.3 Å². The van der Waals surface area contributed by atoms with E-state index in [1.165, 1.54) is 6.92 Å². The van der Waals surface area contributed by atoms with Crippen LogP contribution in [0.3, 0.4) is 0 Å². The molecular weight excluding hydrogens is 267 g/mol. The molecule has 9 heteroatoms. The molecular formula is C10H12F3N3O3. The van der Waals surface area contributed by atoms with Crippen molar-refractivity contribution in [1.82, 2.24) is 4.98 Å². The lowest BCUT2D eigenvalue weighted by atomic mass is 10.1. The summed E-state index contributed by atoms with van der Waals surface area (Å²) in [5.74, 6) is -2.03. The zero-order valence-corrected chi connectivity index (χ0v) is 9.95. The summed E-state index contributed by atoms with van der Waals surface area (Å²) in [6, 6.07) is 0.791. The zero-order valence-electron chi connectivity index (χ0n) is 9.95. The fourth-order valence-corrected chi connectivity index (χ4v) is 1.37. The van der Waals surface area contributed by atoms with Crippen molar-refractivity contribution in [3.05, 3.63) is 17.3 Å². The van der Waals surface area contributed by atoms with E-state index in [1.54, 1.807) is 0 Å². The molecule has 0 atom stereocenters. The SMILES string of the molecule is CCOC(=O)c1c(OC(F)(F)F)cc(N)nc1CN. The standard InChI is InChI=1S/C10H12F3N3O3/c1-2-18-9(17)8-5(4-14)16-7(15)3-6(8)19-10(11,12)13/h3H,2,4,14H2,1H3,(H2,15,16). The Kier molecular flexibility index (Phi) is 4.54. The molecule has 0 aliphatic rings. The Balaban J connectivity index is 3.33. The Morgan fingerprint density at radius 3 is 2.58 bits per heavy atom. The van der Waals surface area contributed by atoms with E-state index in [1.807, 2.05) is 0 Å². The second-order valence-electron chi connectivity index (χ2n) is 3.34. The lowest BCUT2D eigenvalue weighted by molar-refractivity contribution is -0.274. The summed E-state index contributed by atoms with van der Waals surface area (Å²) >= 11 is 0. The highest BCUT2D eigenvalue weighted by molar-refractivity contribution is 5.94. The molecule has 1 aromatic heterocycles. The number of ether oxygens (including phenoxy) is 2. The largest absolute Gasteiger partial charge is 0.573 e. The summed E-state index contributed by atoms with van der Waals surface area (Å²) in [6.07, 6.45) is -4.97. The van der Waals surface area contributed by atoms with Crippen molar-refractivity contribution < 1.29 is 27.4 Å². The van der Waals surface area contributed by atoms with Crippen molar-refractivity contribution in [2.75, 3.05) is 12.3 Å². The minimum atomic E-state index is -4.97. The molecule has 6 nitrogen and oxygen atoms in total. The van der Waals surface area contributed by atoms with E-state index in [0.29, 0.717) is 0 Å². The predicted molar refractivity (Wildman–Crippen MR) is 59.2 cm³/mol. The summed E-state index contributed by atoms with van der Waals surface area (Å²) in [5, 5.41) is 0. The molecule has 0 saturated heterocycles. The van der Waals surface area contributed by atoms with Crippen molar-refractivity contribution in [2.45, 2.75) is 19.8 Å². The molecule has 19 heavy (non-hydrogen) atoms. The van der Waals surface area contributed by atoms with Gasteiger partial charge in [-0.15, -0.1) is 13.2 Å². The van der Waals surface area contributed by atoms with Gasteiger partial charge in [-0.2, -0.15) is 0 Å². The number of carbonyl (C=O) groups excluding carboxylic acids is 1. The maximum absolute atomic E-state index is 12.3. The van der Waals surface area contributed by atoms with Crippen molar-refractivity contribution in [1.29, 1.82) is 0 Å². The Hall–Kier alpha value is -2.03. The first kappa shape index (κ1) is 15.0. The number of nitrogens with two attached hydrogens (primary N) is 2. The van der Waals surface area contributed by atoms with Gasteiger partial charge < -0.3 is 20.9 Å². The number of rotatable bonds is 4. The molecule has 0 aromatic carbocycles. The summed E-state index contributed by atoms with van der Waals surface area (Å²) < 4.78 is 45.2. The van der Waals surface area contributed by atoms with Crippen LogP contribution in [0.15, 0.2) is 6.07 Å². The van der Waals surface area contributed by atoms with Crippen LogP contribution in [0.4, 0.5) is 19.0 Å². The second kappa shape index (κ2) is 5.74. The fourth-order valence-electron chi connectivity index (χ4n) is 1.37. The van der Waals surface area contributed by atoms with Crippen molar-refractivity contribution in [2.24, 2.45) is 5.73 Å². The smallest absolute Gasteiger partial charge is 0.462 e. The lowest BCUT2D eigenvalue weighted by Gasteiger charge is -2.15. The number of hydrogen-bond donors (Lipinski definition) is 2. The number of esters is 1. The van der Waals surface area contributed by atoms with E-state index in [9.17, 15) is 18.0 Å². The van der Waals surface area contributed by atoms with Crippen LogP contribution in [0.5, 0.6) is 5.75 Å². The van der Waals surface area contributed by atoms with Crippen molar-refractivity contribution >= 4 is 11.8 Å². The van der Waals surface area contributed by atoms with E-state index < -0.39 is 23.6 Å². The summed E-state index contributed by atoms with van der Waals surface area (Å²) in [7, 11) is 0. The number of aromatic nitrogens is 1. The molecule has 0 aliphatic heterocycles. The van der Waals surface area contributed by atoms with Crippen LogP contribution in [-0.4, -0.2) is 23.9 Å². The van der Waals surface area contributed by atoms with Crippen LogP contribution in [0.1, 0.15) is 23.0 Å². The predicted octanol–water partition coefficient (Wildman–Crippen LogP) is 1.20. The van der Waals surface area contributed by atoms with Gasteiger partial charge in [-0.05, 0) is 6.92 Å². The maximum Gasteiger partial charge on any atom is 0.573 e. The molecule has 1 rings (SSSR count). The lowest BCUT2D eigenvalue weighted by Crippen LogP contribution is -2.22. The van der Waals surface area contributed by atoms with Crippen LogP contribution < -0.4 is 16.2 Å². The Morgan fingerprint density at radius 1 is 1.47 bits per heavy atom. The third kappa shape index (κ3) is 3.98. The van der Waals surface area contributed by atoms with Crippen LogP contribution in [-0.2, 0) is 11.3 Å². The van der Waals surface area contributed by atoms with E-state index in [-0.39, 0.29) is 24.7 Å². The average molecular weight is 279 g/mol. The minimum Gasteiger partial charge on any atom is -0.462 e. The highest BCUT2D eigenvalue weighted by atomic mass is 19.4. The molecule has 0 fully saturated rings. The van der Waals surface area contributed by atoms with Gasteiger partial charge in [-0.3, -0.25) is 0 Å². The maximum atomic E-state index is 12.3. The third-order valence-electron chi connectivity index (χ3n) is 1.98. The molecule has 106 valence electrons. The van der Waals surface area contributed by atoms with Gasteiger partial charge in [0.15, 0.2) is 0 Å². The Bertz CT molecular complexity index is 477. The molecule has 0 spiro atoms. The van der Waals surface area contributed by atoms with E-state index in [2.05, 4.69) is 14.5 Å². The monoisotopic (exact) mass is 279 g/mol. The van der Waals surface area contributed by atoms with Crippen LogP contribution in [0, 0.1) is 0 Å². The van der Waals surface area contributed by atoms with Gasteiger partial charge in [0, 0.05) is 12.6 Å². The average Bonchev–Trinajstić information content (AvgIpc) is 2.25. The van der Waals surface area contributed by atoms with E-state index in [0.717, 1.165) is 6.07 Å². The molecule has 0 radical (unpaired) electrons. The number of pyridine rings is 1. The number of nitrogen functional groups attached to an aromatic ring is 1. The molecule has 1 aromatic rings. The van der Waals surface area contributed by atoms with Crippen LogP contribution in [0.2, 0.25) is 0 Å². The van der Waals surface area contributed by atoms with Gasteiger partial charge in [0.25, 0.3) is 0 Å². The molecule has 0 saturated carbocycles. The van der Waals surface area contributed by atoms with Gasteiger partial charge in [0.1, 0.15) is 17.1 Å².